The van der Waals surface area contributed by atoms with E-state index in [9.17, 15) is 25.2 Å². The Morgan fingerprint density at radius 1 is 0.889 bits per heavy atom. The van der Waals surface area contributed by atoms with Crippen LogP contribution in [0.4, 0.5) is 25.2 Å². The molecule has 0 atom stereocenters. The Balaban J connectivity index is 0.000000360. The molecule has 1 aliphatic rings. The Kier molecular flexibility index (Phi) is 5.15. The summed E-state index contributed by atoms with van der Waals surface area (Å²) >= 11 is 0. The molecule has 8 heteroatoms. The first-order valence-corrected chi connectivity index (χ1v) is 8.15. The standard InChI is InChI=1S/C10H22N.F6P/c1-3-4-5-8-11(2)9-6-7-10-11;1-7(2,3,4,5)6/h3-10H2,1-2H3;/q+1;-1. The maximum atomic E-state index is 9.87. The zero-order valence-electron chi connectivity index (χ0n) is 10.8. The van der Waals surface area contributed by atoms with Gasteiger partial charge in [-0.2, -0.15) is 0 Å². The summed E-state index contributed by atoms with van der Waals surface area (Å²) < 4.78 is 60.6. The van der Waals surface area contributed by atoms with Crippen molar-refractivity contribution in [3.8, 4) is 0 Å². The molecule has 0 saturated carbocycles. The third-order valence-corrected chi connectivity index (χ3v) is 2.95. The molecule has 0 aromatic heterocycles. The van der Waals surface area contributed by atoms with Gasteiger partial charge in [0.2, 0.25) is 0 Å². The minimum absolute atomic E-state index is 1.36. The molecule has 1 fully saturated rings. The first-order chi connectivity index (χ1) is 7.72. The molecule has 0 aromatic rings. The monoisotopic (exact) mass is 301 g/mol. The van der Waals surface area contributed by atoms with Crippen LogP contribution in [0.1, 0.15) is 39.0 Å². The summed E-state index contributed by atoms with van der Waals surface area (Å²) in [5, 5.41) is 0. The van der Waals surface area contributed by atoms with Crippen LogP contribution in [-0.2, 0) is 0 Å². The van der Waals surface area contributed by atoms with Crippen LogP contribution in [0.2, 0.25) is 0 Å². The molecule has 0 aromatic carbocycles. The Bertz CT molecular complexity index is 241. The second-order valence-corrected chi connectivity index (χ2v) is 7.08. The van der Waals surface area contributed by atoms with Crippen LogP contribution in [0.5, 0.6) is 0 Å². The molecule has 114 valence electrons. The van der Waals surface area contributed by atoms with E-state index < -0.39 is 7.81 Å². The van der Waals surface area contributed by atoms with Crippen molar-refractivity contribution in [2.24, 2.45) is 0 Å². The molecule has 18 heavy (non-hydrogen) atoms. The third kappa shape index (κ3) is 16.0. The number of quaternary nitrogens is 1. The fourth-order valence-corrected chi connectivity index (χ4v) is 2.07. The van der Waals surface area contributed by atoms with E-state index in [4.69, 9.17) is 0 Å². The average molecular weight is 301 g/mol. The predicted molar refractivity (Wildman–Crippen MR) is 63.1 cm³/mol. The molecule has 0 aliphatic carbocycles. The van der Waals surface area contributed by atoms with Crippen molar-refractivity contribution in [1.29, 1.82) is 0 Å². The van der Waals surface area contributed by atoms with Gasteiger partial charge in [0.25, 0.3) is 0 Å². The van der Waals surface area contributed by atoms with Gasteiger partial charge >= 0.3 is 33.0 Å². The Morgan fingerprint density at radius 2 is 1.28 bits per heavy atom. The first-order valence-electron chi connectivity index (χ1n) is 6.12. The van der Waals surface area contributed by atoms with Crippen molar-refractivity contribution in [2.75, 3.05) is 26.7 Å². The number of rotatable bonds is 4. The number of unbranched alkanes of at least 4 members (excludes halogenated alkanes) is 2. The van der Waals surface area contributed by atoms with Crippen LogP contribution in [0, 0.1) is 0 Å². The van der Waals surface area contributed by atoms with Crippen LogP contribution in [-0.4, -0.2) is 31.2 Å². The summed E-state index contributed by atoms with van der Waals surface area (Å²) in [4.78, 5) is 0. The maximum absolute atomic E-state index is 10.7. The van der Waals surface area contributed by atoms with Gasteiger partial charge in [0.1, 0.15) is 0 Å². The fraction of sp³-hybridized carbons (Fsp3) is 1.00. The van der Waals surface area contributed by atoms with Gasteiger partial charge in [-0.05, 0) is 12.8 Å². The van der Waals surface area contributed by atoms with E-state index in [2.05, 4.69) is 14.0 Å². The van der Waals surface area contributed by atoms with E-state index in [1.54, 1.807) is 0 Å². The quantitative estimate of drug-likeness (QED) is 0.266. The van der Waals surface area contributed by atoms with Crippen molar-refractivity contribution < 1.29 is 29.7 Å². The minimum atomic E-state index is -10.7. The van der Waals surface area contributed by atoms with Gasteiger partial charge in [-0.3, -0.25) is 0 Å². The zero-order valence-corrected chi connectivity index (χ0v) is 11.7. The van der Waals surface area contributed by atoms with Crippen LogP contribution < -0.4 is 0 Å². The number of hydrogen-bond donors (Lipinski definition) is 0. The summed E-state index contributed by atoms with van der Waals surface area (Å²) in [5.41, 5.74) is 0. The summed E-state index contributed by atoms with van der Waals surface area (Å²) in [5.74, 6) is 0. The van der Waals surface area contributed by atoms with Crippen LogP contribution >= 0.6 is 7.81 Å². The number of hydrogen-bond acceptors (Lipinski definition) is 0. The molecule has 1 saturated heterocycles. The van der Waals surface area contributed by atoms with Crippen molar-refractivity contribution in [2.45, 2.75) is 39.0 Å². The van der Waals surface area contributed by atoms with E-state index in [1.807, 2.05) is 0 Å². The molecule has 0 amide bonds. The molecule has 1 nitrogen and oxygen atoms in total. The van der Waals surface area contributed by atoms with Crippen LogP contribution in [0.15, 0.2) is 0 Å². The van der Waals surface area contributed by atoms with Gasteiger partial charge in [-0.1, -0.05) is 13.3 Å². The number of nitrogens with zero attached hydrogens (tertiary/aromatic N) is 1. The Morgan fingerprint density at radius 3 is 1.61 bits per heavy atom. The van der Waals surface area contributed by atoms with Crippen molar-refractivity contribution in [1.82, 2.24) is 0 Å². The fourth-order valence-electron chi connectivity index (χ4n) is 2.07. The normalized spacial score (nSPS) is 22.7. The van der Waals surface area contributed by atoms with Crippen LogP contribution in [0.25, 0.3) is 0 Å². The topological polar surface area (TPSA) is 0 Å². The average Bonchev–Trinajstić information content (AvgIpc) is 2.47. The predicted octanol–water partition coefficient (Wildman–Crippen LogP) is 5.80. The molecule has 1 heterocycles. The Labute approximate surface area is 104 Å². The first kappa shape index (κ1) is 18.0. The molecular weight excluding hydrogens is 279 g/mol. The zero-order chi connectivity index (χ0) is 14.6. The number of halogens is 6. The molecular formula is C10H22F6NP. The number of likely N-dealkylation sites (tertiary alicyclic amines) is 1. The summed E-state index contributed by atoms with van der Waals surface area (Å²) in [6, 6.07) is 0. The van der Waals surface area contributed by atoms with Crippen molar-refractivity contribution in [3.63, 3.8) is 0 Å². The third-order valence-electron chi connectivity index (χ3n) is 2.95. The SMILES string of the molecule is CCCCC[N+]1(C)CCCC1.F[P-](F)(F)(F)(F)F. The summed E-state index contributed by atoms with van der Waals surface area (Å²) in [7, 11) is -8.24. The van der Waals surface area contributed by atoms with Gasteiger partial charge < -0.3 is 4.48 Å². The van der Waals surface area contributed by atoms with E-state index in [-0.39, 0.29) is 0 Å². The van der Waals surface area contributed by atoms with Gasteiger partial charge in [0.05, 0.1) is 26.7 Å². The van der Waals surface area contributed by atoms with Crippen molar-refractivity contribution >= 4 is 7.81 Å². The molecule has 0 N–H and O–H groups in total. The molecule has 0 spiro atoms. The second kappa shape index (κ2) is 5.16. The molecule has 0 bridgehead atoms. The van der Waals surface area contributed by atoms with Crippen LogP contribution in [0.3, 0.4) is 0 Å². The summed E-state index contributed by atoms with van der Waals surface area (Å²) in [6.07, 6.45) is 7.14. The van der Waals surface area contributed by atoms with Gasteiger partial charge in [0, 0.05) is 12.8 Å². The van der Waals surface area contributed by atoms with E-state index in [1.165, 1.54) is 56.2 Å². The van der Waals surface area contributed by atoms with Gasteiger partial charge in [-0.15, -0.1) is 0 Å². The van der Waals surface area contributed by atoms with E-state index in [0.717, 1.165) is 0 Å². The summed E-state index contributed by atoms with van der Waals surface area (Å²) in [6.45, 7) is 6.57. The van der Waals surface area contributed by atoms with Crippen molar-refractivity contribution in [3.05, 3.63) is 0 Å². The van der Waals surface area contributed by atoms with E-state index >= 15 is 0 Å². The molecule has 0 unspecified atom stereocenters. The Hall–Kier alpha value is -0.0300. The van der Waals surface area contributed by atoms with Gasteiger partial charge in [0.15, 0.2) is 0 Å². The van der Waals surface area contributed by atoms with Gasteiger partial charge in [-0.25, -0.2) is 0 Å². The van der Waals surface area contributed by atoms with E-state index in [0.29, 0.717) is 0 Å². The molecule has 0 radical (unpaired) electrons. The molecule has 1 aliphatic heterocycles. The molecule has 1 rings (SSSR count). The second-order valence-electron chi connectivity index (χ2n) is 5.16.